The van der Waals surface area contributed by atoms with E-state index in [0.717, 1.165) is 22.2 Å². The van der Waals surface area contributed by atoms with Gasteiger partial charge >= 0.3 is 0 Å². The van der Waals surface area contributed by atoms with Gasteiger partial charge in [-0.25, -0.2) is 0 Å². The maximum atomic E-state index is 12.9. The molecule has 8 heteroatoms. The highest BCUT2D eigenvalue weighted by atomic mass is 35.5. The first-order chi connectivity index (χ1) is 16.5. The lowest BCUT2D eigenvalue weighted by atomic mass is 10.1. The van der Waals surface area contributed by atoms with E-state index in [-0.39, 0.29) is 5.91 Å². The predicted molar refractivity (Wildman–Crippen MR) is 136 cm³/mol. The van der Waals surface area contributed by atoms with Gasteiger partial charge in [-0.1, -0.05) is 59.8 Å². The highest BCUT2D eigenvalue weighted by Gasteiger charge is 2.23. The number of benzene rings is 3. The summed E-state index contributed by atoms with van der Waals surface area (Å²) in [6.45, 7) is 3.91. The van der Waals surface area contributed by atoms with E-state index in [4.69, 9.17) is 16.3 Å². The zero-order valence-electron chi connectivity index (χ0n) is 19.2. The summed E-state index contributed by atoms with van der Waals surface area (Å²) < 4.78 is 7.16. The minimum Gasteiger partial charge on any atom is -0.497 e. The van der Waals surface area contributed by atoms with Gasteiger partial charge in [-0.05, 0) is 61.4 Å². The summed E-state index contributed by atoms with van der Waals surface area (Å²) in [6, 6.07) is 22.5. The molecule has 1 aromatic heterocycles. The van der Waals surface area contributed by atoms with Gasteiger partial charge < -0.3 is 10.1 Å². The maximum absolute atomic E-state index is 12.9. The number of hydrogen-bond acceptors (Lipinski definition) is 5. The van der Waals surface area contributed by atoms with Crippen LogP contribution in [-0.4, -0.2) is 27.8 Å². The van der Waals surface area contributed by atoms with E-state index < -0.39 is 6.04 Å². The van der Waals surface area contributed by atoms with Gasteiger partial charge in [-0.15, -0.1) is 10.2 Å². The number of amides is 1. The third-order valence-electron chi connectivity index (χ3n) is 5.37. The third-order valence-corrected chi connectivity index (χ3v) is 6.60. The molecule has 0 spiro atoms. The van der Waals surface area contributed by atoms with E-state index in [1.54, 1.807) is 43.1 Å². The standard InChI is InChI=1S/C26H25ClN4O2S/c1-17-9-12-21(27)15-23(17)31-24(29-30-26(31)34-16-19-7-5-4-6-8-19)18(2)28-25(32)20-10-13-22(33-3)14-11-20/h4-15,18H,16H2,1-3H3,(H,28,32). The molecular weight excluding hydrogens is 468 g/mol. The molecule has 1 atom stereocenters. The summed E-state index contributed by atoms with van der Waals surface area (Å²) >= 11 is 7.93. The van der Waals surface area contributed by atoms with Crippen molar-refractivity contribution < 1.29 is 9.53 Å². The van der Waals surface area contributed by atoms with Crippen LogP contribution in [0.1, 0.15) is 40.3 Å². The van der Waals surface area contributed by atoms with Crippen LogP contribution in [0.4, 0.5) is 0 Å². The maximum Gasteiger partial charge on any atom is 0.251 e. The van der Waals surface area contributed by atoms with Crippen LogP contribution in [0.15, 0.2) is 78.0 Å². The molecule has 0 radical (unpaired) electrons. The first-order valence-electron chi connectivity index (χ1n) is 10.8. The van der Waals surface area contributed by atoms with Crippen molar-refractivity contribution >= 4 is 29.3 Å². The topological polar surface area (TPSA) is 69.0 Å². The van der Waals surface area contributed by atoms with Crippen LogP contribution < -0.4 is 10.1 Å². The summed E-state index contributed by atoms with van der Waals surface area (Å²) in [5.41, 5.74) is 3.64. The summed E-state index contributed by atoms with van der Waals surface area (Å²) in [5.74, 6) is 1.86. The van der Waals surface area contributed by atoms with Crippen LogP contribution in [0.5, 0.6) is 5.75 Å². The van der Waals surface area contributed by atoms with Crippen LogP contribution in [-0.2, 0) is 5.75 Å². The number of carbonyl (C=O) groups excluding carboxylic acids is 1. The molecule has 1 N–H and O–H groups in total. The lowest BCUT2D eigenvalue weighted by Crippen LogP contribution is -2.28. The van der Waals surface area contributed by atoms with E-state index in [1.165, 1.54) is 5.56 Å². The Hall–Kier alpha value is -3.29. The van der Waals surface area contributed by atoms with Crippen LogP contribution in [0.25, 0.3) is 5.69 Å². The number of thioether (sulfide) groups is 1. The fourth-order valence-electron chi connectivity index (χ4n) is 3.51. The second-order valence-electron chi connectivity index (χ2n) is 7.80. The van der Waals surface area contributed by atoms with Crippen LogP contribution in [0, 0.1) is 6.92 Å². The van der Waals surface area contributed by atoms with E-state index in [2.05, 4.69) is 27.6 Å². The first-order valence-corrected chi connectivity index (χ1v) is 12.2. The van der Waals surface area contributed by atoms with Gasteiger partial charge in [0, 0.05) is 16.3 Å². The number of ether oxygens (including phenoxy) is 1. The van der Waals surface area contributed by atoms with Gasteiger partial charge in [-0.2, -0.15) is 0 Å². The minimum absolute atomic E-state index is 0.203. The number of nitrogens with zero attached hydrogens (tertiary/aromatic N) is 3. The molecule has 4 aromatic rings. The number of aryl methyl sites for hydroxylation is 1. The predicted octanol–water partition coefficient (Wildman–Crippen LogP) is 6.02. The van der Waals surface area contributed by atoms with E-state index in [0.29, 0.717) is 22.2 Å². The second kappa shape index (κ2) is 10.8. The molecule has 0 aliphatic rings. The molecule has 3 aromatic carbocycles. The molecule has 0 aliphatic carbocycles. The molecule has 34 heavy (non-hydrogen) atoms. The van der Waals surface area contributed by atoms with Crippen molar-refractivity contribution in [2.24, 2.45) is 0 Å². The molecule has 1 unspecified atom stereocenters. The number of carbonyl (C=O) groups is 1. The van der Waals surface area contributed by atoms with Crippen molar-refractivity contribution in [1.29, 1.82) is 0 Å². The Bertz CT molecular complexity index is 1280. The van der Waals surface area contributed by atoms with Crippen molar-refractivity contribution in [3.05, 3.63) is 100 Å². The van der Waals surface area contributed by atoms with Gasteiger partial charge in [0.25, 0.3) is 5.91 Å². The zero-order chi connectivity index (χ0) is 24.1. The molecule has 0 saturated heterocycles. The second-order valence-corrected chi connectivity index (χ2v) is 9.18. The highest BCUT2D eigenvalue weighted by Crippen LogP contribution is 2.30. The van der Waals surface area contributed by atoms with Crippen molar-refractivity contribution in [2.45, 2.75) is 30.8 Å². The summed E-state index contributed by atoms with van der Waals surface area (Å²) in [7, 11) is 1.59. The van der Waals surface area contributed by atoms with Crippen LogP contribution in [0.3, 0.4) is 0 Å². The van der Waals surface area contributed by atoms with Gasteiger partial charge in [0.2, 0.25) is 0 Å². The molecule has 0 saturated carbocycles. The van der Waals surface area contributed by atoms with Gasteiger partial charge in [0.05, 0.1) is 18.8 Å². The first kappa shape index (κ1) is 23.9. The Morgan fingerprint density at radius 2 is 1.82 bits per heavy atom. The van der Waals surface area contributed by atoms with Gasteiger partial charge in [-0.3, -0.25) is 9.36 Å². The normalized spacial score (nSPS) is 11.8. The SMILES string of the molecule is COc1ccc(C(=O)NC(C)c2nnc(SCc3ccccc3)n2-c2cc(Cl)ccc2C)cc1. The molecular formula is C26H25ClN4O2S. The van der Waals surface area contributed by atoms with E-state index in [1.807, 2.05) is 54.8 Å². The monoisotopic (exact) mass is 492 g/mol. The smallest absolute Gasteiger partial charge is 0.251 e. The van der Waals surface area contributed by atoms with Crippen molar-refractivity contribution in [2.75, 3.05) is 7.11 Å². The number of methoxy groups -OCH3 is 1. The molecule has 174 valence electrons. The number of halogens is 1. The molecule has 6 nitrogen and oxygen atoms in total. The Labute approximate surface area is 208 Å². The number of nitrogens with one attached hydrogen (secondary N) is 1. The Morgan fingerprint density at radius 3 is 2.53 bits per heavy atom. The van der Waals surface area contributed by atoms with Crippen molar-refractivity contribution in [3.8, 4) is 11.4 Å². The van der Waals surface area contributed by atoms with E-state index >= 15 is 0 Å². The molecule has 0 aliphatic heterocycles. The average molecular weight is 493 g/mol. The number of aromatic nitrogens is 3. The van der Waals surface area contributed by atoms with E-state index in [9.17, 15) is 4.79 Å². The third kappa shape index (κ3) is 5.43. The fourth-order valence-corrected chi connectivity index (χ4v) is 4.59. The Balaban J connectivity index is 1.64. The molecule has 0 bridgehead atoms. The Morgan fingerprint density at radius 1 is 1.09 bits per heavy atom. The van der Waals surface area contributed by atoms with Gasteiger partial charge in [0.15, 0.2) is 11.0 Å². The average Bonchev–Trinajstić information content (AvgIpc) is 3.28. The summed E-state index contributed by atoms with van der Waals surface area (Å²) in [4.78, 5) is 12.9. The number of rotatable bonds is 8. The Kier molecular flexibility index (Phi) is 7.55. The summed E-state index contributed by atoms with van der Waals surface area (Å²) in [6.07, 6.45) is 0. The molecule has 4 rings (SSSR count). The minimum atomic E-state index is -0.397. The number of hydrogen-bond donors (Lipinski definition) is 1. The quantitative estimate of drug-likeness (QED) is 0.304. The molecule has 1 amide bonds. The summed E-state index contributed by atoms with van der Waals surface area (Å²) in [5, 5.41) is 13.3. The lowest BCUT2D eigenvalue weighted by Gasteiger charge is -2.18. The highest BCUT2D eigenvalue weighted by molar-refractivity contribution is 7.98. The van der Waals surface area contributed by atoms with Crippen molar-refractivity contribution in [3.63, 3.8) is 0 Å². The molecule has 0 fully saturated rings. The fraction of sp³-hybridized carbons (Fsp3) is 0.192. The molecule has 1 heterocycles. The van der Waals surface area contributed by atoms with Crippen LogP contribution in [0.2, 0.25) is 5.02 Å². The van der Waals surface area contributed by atoms with Crippen molar-refractivity contribution in [1.82, 2.24) is 20.1 Å². The largest absolute Gasteiger partial charge is 0.497 e. The lowest BCUT2D eigenvalue weighted by molar-refractivity contribution is 0.0938. The van der Waals surface area contributed by atoms with Crippen LogP contribution >= 0.6 is 23.4 Å². The van der Waals surface area contributed by atoms with Gasteiger partial charge in [0.1, 0.15) is 5.75 Å². The zero-order valence-corrected chi connectivity index (χ0v) is 20.7.